The second-order valence-electron chi connectivity index (χ2n) is 5.53. The molecule has 0 aromatic heterocycles. The molecule has 7 heteroatoms. The number of benzene rings is 2. The Morgan fingerprint density at radius 1 is 1.04 bits per heavy atom. The third-order valence-electron chi connectivity index (χ3n) is 3.66. The molecule has 0 aliphatic carbocycles. The zero-order valence-electron chi connectivity index (χ0n) is 14.2. The Morgan fingerprint density at radius 2 is 1.69 bits per heavy atom. The highest BCUT2D eigenvalue weighted by Gasteiger charge is 2.21. The average Bonchev–Trinajstić information content (AvgIpc) is 2.66. The lowest BCUT2D eigenvalue weighted by Crippen LogP contribution is -2.50. The molecule has 26 heavy (non-hydrogen) atoms. The van der Waals surface area contributed by atoms with E-state index in [9.17, 15) is 19.5 Å². The van der Waals surface area contributed by atoms with E-state index in [-0.39, 0.29) is 6.42 Å². The van der Waals surface area contributed by atoms with Crippen molar-refractivity contribution in [2.75, 3.05) is 13.7 Å². The standard InChI is InChI=1S/C19H20N2O5/c1-26-15-9-7-13(8-10-15)11-16(19(25)20-12-17(22)23)21-18(24)14-5-3-2-4-6-14/h2-10,16H,11-12H2,1H3,(H,20,25)(H,21,24)(H,22,23)/p-1. The predicted molar refractivity (Wildman–Crippen MR) is 92.4 cm³/mol. The summed E-state index contributed by atoms with van der Waals surface area (Å²) in [5.74, 6) is -1.77. The minimum absolute atomic E-state index is 0.196. The average molecular weight is 355 g/mol. The van der Waals surface area contributed by atoms with Gasteiger partial charge < -0.3 is 25.3 Å². The number of carboxylic acid groups (broad SMARTS) is 1. The third kappa shape index (κ3) is 5.62. The Kier molecular flexibility index (Phi) is 6.73. The molecule has 2 rings (SSSR count). The fraction of sp³-hybridized carbons (Fsp3) is 0.211. The molecule has 0 fully saturated rings. The first-order valence-electron chi connectivity index (χ1n) is 7.96. The van der Waals surface area contributed by atoms with E-state index in [2.05, 4.69) is 10.6 Å². The Hall–Kier alpha value is -3.35. The summed E-state index contributed by atoms with van der Waals surface area (Å²) in [6.07, 6.45) is 0.196. The molecule has 0 saturated heterocycles. The number of nitrogens with one attached hydrogen (secondary N) is 2. The van der Waals surface area contributed by atoms with Crippen LogP contribution in [0.4, 0.5) is 0 Å². The van der Waals surface area contributed by atoms with Crippen LogP contribution in [0.2, 0.25) is 0 Å². The second kappa shape index (κ2) is 9.22. The van der Waals surface area contributed by atoms with Crippen LogP contribution in [0.1, 0.15) is 15.9 Å². The van der Waals surface area contributed by atoms with Crippen LogP contribution < -0.4 is 20.5 Å². The highest BCUT2D eigenvalue weighted by Crippen LogP contribution is 2.13. The Morgan fingerprint density at radius 3 is 2.27 bits per heavy atom. The first-order chi connectivity index (χ1) is 12.5. The SMILES string of the molecule is COc1ccc(CC(NC(=O)c2ccccc2)C(=O)NCC(=O)[O-])cc1. The van der Waals surface area contributed by atoms with E-state index in [1.54, 1.807) is 61.7 Å². The van der Waals surface area contributed by atoms with Gasteiger partial charge in [0.25, 0.3) is 5.91 Å². The van der Waals surface area contributed by atoms with E-state index in [1.165, 1.54) is 0 Å². The van der Waals surface area contributed by atoms with E-state index in [0.717, 1.165) is 5.56 Å². The van der Waals surface area contributed by atoms with E-state index in [0.29, 0.717) is 11.3 Å². The van der Waals surface area contributed by atoms with Crippen molar-refractivity contribution in [2.24, 2.45) is 0 Å². The van der Waals surface area contributed by atoms with Gasteiger partial charge in [0.15, 0.2) is 0 Å². The van der Waals surface area contributed by atoms with E-state index < -0.39 is 30.4 Å². The maximum absolute atomic E-state index is 12.3. The van der Waals surface area contributed by atoms with Gasteiger partial charge in [0.1, 0.15) is 11.8 Å². The Bertz CT molecular complexity index is 759. The number of aliphatic carboxylic acids is 1. The summed E-state index contributed by atoms with van der Waals surface area (Å²) in [6, 6.07) is 14.5. The van der Waals surface area contributed by atoms with Crippen molar-refractivity contribution in [2.45, 2.75) is 12.5 Å². The molecule has 1 atom stereocenters. The van der Waals surface area contributed by atoms with Crippen LogP contribution in [-0.4, -0.2) is 37.5 Å². The number of ether oxygens (including phenoxy) is 1. The molecule has 2 N–H and O–H groups in total. The lowest BCUT2D eigenvalue weighted by atomic mass is 10.0. The molecule has 0 heterocycles. The molecule has 7 nitrogen and oxygen atoms in total. The van der Waals surface area contributed by atoms with Crippen LogP contribution in [0.25, 0.3) is 0 Å². The lowest BCUT2D eigenvalue weighted by Gasteiger charge is -2.19. The van der Waals surface area contributed by atoms with Crippen molar-refractivity contribution in [3.8, 4) is 5.75 Å². The molecule has 0 bridgehead atoms. The number of carbonyl (C=O) groups is 3. The fourth-order valence-corrected chi connectivity index (χ4v) is 2.32. The van der Waals surface area contributed by atoms with Crippen LogP contribution in [-0.2, 0) is 16.0 Å². The van der Waals surface area contributed by atoms with Gasteiger partial charge >= 0.3 is 0 Å². The number of hydrogen-bond acceptors (Lipinski definition) is 5. The van der Waals surface area contributed by atoms with Crippen LogP contribution >= 0.6 is 0 Å². The van der Waals surface area contributed by atoms with Crippen molar-refractivity contribution in [1.82, 2.24) is 10.6 Å². The van der Waals surface area contributed by atoms with E-state index in [4.69, 9.17) is 4.74 Å². The molecule has 0 radical (unpaired) electrons. The van der Waals surface area contributed by atoms with Crippen molar-refractivity contribution in [1.29, 1.82) is 0 Å². The highest BCUT2D eigenvalue weighted by molar-refractivity contribution is 5.97. The normalized spacial score (nSPS) is 11.3. The first kappa shape index (κ1) is 19.0. The van der Waals surface area contributed by atoms with Gasteiger partial charge in [-0.05, 0) is 29.8 Å². The van der Waals surface area contributed by atoms with Crippen molar-refractivity contribution in [3.05, 3.63) is 65.7 Å². The second-order valence-corrected chi connectivity index (χ2v) is 5.53. The molecular weight excluding hydrogens is 336 g/mol. The number of methoxy groups -OCH3 is 1. The molecule has 0 spiro atoms. The minimum atomic E-state index is -1.41. The maximum atomic E-state index is 12.3. The highest BCUT2D eigenvalue weighted by atomic mass is 16.5. The van der Waals surface area contributed by atoms with Gasteiger partial charge in [-0.15, -0.1) is 0 Å². The quantitative estimate of drug-likeness (QED) is 0.688. The van der Waals surface area contributed by atoms with Gasteiger partial charge in [-0.1, -0.05) is 30.3 Å². The molecule has 0 aliphatic heterocycles. The monoisotopic (exact) mass is 355 g/mol. The van der Waals surface area contributed by atoms with Crippen LogP contribution in [0.3, 0.4) is 0 Å². The minimum Gasteiger partial charge on any atom is -0.548 e. The van der Waals surface area contributed by atoms with Gasteiger partial charge in [-0.25, -0.2) is 0 Å². The van der Waals surface area contributed by atoms with Gasteiger partial charge in [-0.3, -0.25) is 9.59 Å². The Balaban J connectivity index is 2.13. The number of carbonyl (C=O) groups excluding carboxylic acids is 3. The zero-order valence-corrected chi connectivity index (χ0v) is 14.2. The van der Waals surface area contributed by atoms with Crippen LogP contribution in [0, 0.1) is 0 Å². The number of carboxylic acids is 1. The third-order valence-corrected chi connectivity index (χ3v) is 3.66. The Labute approximate surface area is 151 Å². The first-order valence-corrected chi connectivity index (χ1v) is 7.96. The van der Waals surface area contributed by atoms with E-state index in [1.807, 2.05) is 0 Å². The summed E-state index contributed by atoms with van der Waals surface area (Å²) in [6.45, 7) is -0.626. The van der Waals surface area contributed by atoms with E-state index >= 15 is 0 Å². The van der Waals surface area contributed by atoms with Gasteiger partial charge in [0.2, 0.25) is 5.91 Å². The van der Waals surface area contributed by atoms with Crippen molar-refractivity contribution >= 4 is 17.8 Å². The molecule has 136 valence electrons. The molecule has 0 aliphatic rings. The molecule has 0 saturated carbocycles. The van der Waals surface area contributed by atoms with Gasteiger partial charge in [0, 0.05) is 12.0 Å². The smallest absolute Gasteiger partial charge is 0.251 e. The van der Waals surface area contributed by atoms with Gasteiger partial charge in [-0.2, -0.15) is 0 Å². The molecule has 2 aromatic carbocycles. The fourth-order valence-electron chi connectivity index (χ4n) is 2.32. The predicted octanol–water partition coefficient (Wildman–Crippen LogP) is -0.0976. The number of rotatable bonds is 8. The molecular formula is C19H19N2O5-. The molecule has 1 unspecified atom stereocenters. The summed E-state index contributed by atoms with van der Waals surface area (Å²) < 4.78 is 5.09. The van der Waals surface area contributed by atoms with Crippen LogP contribution in [0.15, 0.2) is 54.6 Å². The van der Waals surface area contributed by atoms with Crippen molar-refractivity contribution < 1.29 is 24.2 Å². The molecule has 2 aromatic rings. The molecule has 2 amide bonds. The van der Waals surface area contributed by atoms with Crippen LogP contribution in [0.5, 0.6) is 5.75 Å². The summed E-state index contributed by atoms with van der Waals surface area (Å²) in [5, 5.41) is 15.5. The topological polar surface area (TPSA) is 108 Å². The number of hydrogen-bond donors (Lipinski definition) is 2. The lowest BCUT2D eigenvalue weighted by molar-refractivity contribution is -0.304. The zero-order chi connectivity index (χ0) is 18.9. The summed E-state index contributed by atoms with van der Waals surface area (Å²) in [5.41, 5.74) is 1.19. The summed E-state index contributed by atoms with van der Waals surface area (Å²) in [4.78, 5) is 35.2. The number of amides is 2. The van der Waals surface area contributed by atoms with Gasteiger partial charge in [0.05, 0.1) is 19.6 Å². The maximum Gasteiger partial charge on any atom is 0.251 e. The largest absolute Gasteiger partial charge is 0.548 e. The van der Waals surface area contributed by atoms with Crippen molar-refractivity contribution in [3.63, 3.8) is 0 Å². The summed E-state index contributed by atoms with van der Waals surface area (Å²) >= 11 is 0. The summed E-state index contributed by atoms with van der Waals surface area (Å²) in [7, 11) is 1.55.